The fourth-order valence-corrected chi connectivity index (χ4v) is 1.14. The molecule has 1 atom stereocenters. The highest BCUT2D eigenvalue weighted by Gasteiger charge is 2.10. The smallest absolute Gasteiger partial charge is 0.124 e. The van der Waals surface area contributed by atoms with Crippen molar-refractivity contribution in [1.82, 2.24) is 0 Å². The van der Waals surface area contributed by atoms with Crippen LogP contribution in [0.1, 0.15) is 18.0 Å². The van der Waals surface area contributed by atoms with Crippen LogP contribution in [0.5, 0.6) is 11.5 Å². The molecule has 0 heterocycles. The highest BCUT2D eigenvalue weighted by atomic mass is 16.3. The van der Waals surface area contributed by atoms with E-state index in [1.54, 1.807) is 6.07 Å². The van der Waals surface area contributed by atoms with Crippen LogP contribution in [0.3, 0.4) is 0 Å². The highest BCUT2D eigenvalue weighted by Crippen LogP contribution is 2.27. The average Bonchev–Trinajstić information content (AvgIpc) is 2.04. The molecular weight excluding hydrogens is 170 g/mol. The first kappa shape index (κ1) is 9.83. The Balaban J connectivity index is 2.88. The lowest BCUT2D eigenvalue weighted by atomic mass is 10.0. The molecule has 5 N–H and O–H groups in total. The van der Waals surface area contributed by atoms with Crippen molar-refractivity contribution >= 4 is 0 Å². The van der Waals surface area contributed by atoms with Crippen LogP contribution in [0.15, 0.2) is 18.2 Å². The lowest BCUT2D eigenvalue weighted by Crippen LogP contribution is -2.11. The van der Waals surface area contributed by atoms with E-state index in [-0.39, 0.29) is 18.1 Å². The van der Waals surface area contributed by atoms with E-state index in [1.807, 2.05) is 0 Å². The van der Waals surface area contributed by atoms with Gasteiger partial charge in [0.15, 0.2) is 0 Å². The molecule has 0 spiro atoms. The Kier molecular flexibility index (Phi) is 3.11. The molecule has 0 fully saturated rings. The van der Waals surface area contributed by atoms with Crippen LogP contribution in [-0.2, 0) is 0 Å². The summed E-state index contributed by atoms with van der Waals surface area (Å²) in [7, 11) is 0. The van der Waals surface area contributed by atoms with Crippen LogP contribution in [0.25, 0.3) is 0 Å². The Morgan fingerprint density at radius 3 is 2.54 bits per heavy atom. The number of phenols is 2. The van der Waals surface area contributed by atoms with Gasteiger partial charge in [-0.05, 0) is 12.5 Å². The molecule has 0 saturated carbocycles. The standard InChI is InChI=1S/C9H13NO3/c10-8(3-4-11)7-2-1-6(12)5-9(7)13/h1-2,5,8,11-13H,3-4,10H2. The molecule has 1 unspecified atom stereocenters. The third-order valence-electron chi connectivity index (χ3n) is 1.85. The fourth-order valence-electron chi connectivity index (χ4n) is 1.14. The van der Waals surface area contributed by atoms with Crippen molar-refractivity contribution in [2.45, 2.75) is 12.5 Å². The van der Waals surface area contributed by atoms with Gasteiger partial charge in [0, 0.05) is 24.3 Å². The summed E-state index contributed by atoms with van der Waals surface area (Å²) in [5.74, 6) is -0.0431. The third-order valence-corrected chi connectivity index (χ3v) is 1.85. The summed E-state index contributed by atoms with van der Waals surface area (Å²) in [6.45, 7) is -0.0263. The minimum absolute atomic E-state index is 0.00236. The zero-order valence-corrected chi connectivity index (χ0v) is 7.14. The SMILES string of the molecule is NC(CCO)c1ccc(O)cc1O. The van der Waals surface area contributed by atoms with E-state index in [4.69, 9.17) is 15.9 Å². The maximum absolute atomic E-state index is 9.37. The third kappa shape index (κ3) is 2.34. The van der Waals surface area contributed by atoms with E-state index in [9.17, 15) is 5.11 Å². The van der Waals surface area contributed by atoms with Crippen LogP contribution in [0.2, 0.25) is 0 Å². The lowest BCUT2D eigenvalue weighted by Gasteiger charge is -2.11. The van der Waals surface area contributed by atoms with Crippen LogP contribution in [0.4, 0.5) is 0 Å². The molecule has 1 aromatic rings. The predicted molar refractivity (Wildman–Crippen MR) is 48.4 cm³/mol. The minimum atomic E-state index is -0.398. The number of hydrogen-bond donors (Lipinski definition) is 4. The number of aliphatic hydroxyl groups excluding tert-OH is 1. The molecule has 0 aliphatic carbocycles. The van der Waals surface area contributed by atoms with E-state index in [2.05, 4.69) is 0 Å². The van der Waals surface area contributed by atoms with E-state index in [0.717, 1.165) is 0 Å². The molecule has 0 aliphatic rings. The second kappa shape index (κ2) is 4.11. The first-order valence-corrected chi connectivity index (χ1v) is 4.03. The molecule has 4 nitrogen and oxygen atoms in total. The number of benzene rings is 1. The van der Waals surface area contributed by atoms with Gasteiger partial charge in [-0.2, -0.15) is 0 Å². The molecule has 0 radical (unpaired) electrons. The lowest BCUT2D eigenvalue weighted by molar-refractivity contribution is 0.275. The molecule has 0 amide bonds. The van der Waals surface area contributed by atoms with E-state index >= 15 is 0 Å². The first-order chi connectivity index (χ1) is 6.15. The molecule has 1 aromatic carbocycles. The largest absolute Gasteiger partial charge is 0.508 e. The molecule has 0 aliphatic heterocycles. The zero-order valence-electron chi connectivity index (χ0n) is 7.14. The monoisotopic (exact) mass is 183 g/mol. The van der Waals surface area contributed by atoms with Gasteiger partial charge in [-0.25, -0.2) is 0 Å². The van der Waals surface area contributed by atoms with Gasteiger partial charge in [-0.3, -0.25) is 0 Å². The summed E-state index contributed by atoms with van der Waals surface area (Å²) >= 11 is 0. The number of phenolic OH excluding ortho intramolecular Hbond substituents is 2. The molecular formula is C9H13NO3. The molecule has 1 rings (SSSR count). The van der Waals surface area contributed by atoms with Gasteiger partial charge < -0.3 is 21.1 Å². The number of aromatic hydroxyl groups is 2. The van der Waals surface area contributed by atoms with Gasteiger partial charge in [0.2, 0.25) is 0 Å². The Bertz CT molecular complexity index is 288. The number of hydrogen-bond acceptors (Lipinski definition) is 4. The van der Waals surface area contributed by atoms with E-state index in [1.165, 1.54) is 12.1 Å². The van der Waals surface area contributed by atoms with Crippen LogP contribution >= 0.6 is 0 Å². The van der Waals surface area contributed by atoms with Crippen LogP contribution < -0.4 is 5.73 Å². The van der Waals surface area contributed by atoms with Gasteiger partial charge in [0.05, 0.1) is 0 Å². The van der Waals surface area contributed by atoms with Crippen LogP contribution in [-0.4, -0.2) is 21.9 Å². The molecule has 4 heteroatoms. The van der Waals surface area contributed by atoms with Gasteiger partial charge in [-0.1, -0.05) is 6.07 Å². The second-order valence-electron chi connectivity index (χ2n) is 2.86. The Morgan fingerprint density at radius 2 is 2.00 bits per heavy atom. The average molecular weight is 183 g/mol. The highest BCUT2D eigenvalue weighted by molar-refractivity contribution is 5.40. The number of nitrogens with two attached hydrogens (primary N) is 1. The topological polar surface area (TPSA) is 86.7 Å². The minimum Gasteiger partial charge on any atom is -0.508 e. The zero-order chi connectivity index (χ0) is 9.84. The van der Waals surface area contributed by atoms with E-state index in [0.29, 0.717) is 12.0 Å². The molecule has 0 bridgehead atoms. The van der Waals surface area contributed by atoms with Gasteiger partial charge in [0.1, 0.15) is 11.5 Å². The Labute approximate surface area is 76.2 Å². The normalized spacial score (nSPS) is 12.8. The Morgan fingerprint density at radius 1 is 1.31 bits per heavy atom. The maximum atomic E-state index is 9.37. The predicted octanol–water partition coefficient (Wildman–Crippen LogP) is 0.480. The quantitative estimate of drug-likeness (QED) is 0.549. The molecule has 13 heavy (non-hydrogen) atoms. The van der Waals surface area contributed by atoms with Crippen molar-refractivity contribution in [3.8, 4) is 11.5 Å². The van der Waals surface area contributed by atoms with Crippen molar-refractivity contribution < 1.29 is 15.3 Å². The summed E-state index contributed by atoms with van der Waals surface area (Å²) < 4.78 is 0. The van der Waals surface area contributed by atoms with Crippen molar-refractivity contribution in [2.24, 2.45) is 5.73 Å². The fraction of sp³-hybridized carbons (Fsp3) is 0.333. The van der Waals surface area contributed by atoms with Crippen molar-refractivity contribution in [3.05, 3.63) is 23.8 Å². The van der Waals surface area contributed by atoms with Crippen molar-refractivity contribution in [2.75, 3.05) is 6.61 Å². The number of rotatable bonds is 3. The van der Waals surface area contributed by atoms with Gasteiger partial charge in [-0.15, -0.1) is 0 Å². The second-order valence-corrected chi connectivity index (χ2v) is 2.86. The van der Waals surface area contributed by atoms with Crippen molar-refractivity contribution in [1.29, 1.82) is 0 Å². The summed E-state index contributed by atoms with van der Waals surface area (Å²) in [5.41, 5.74) is 6.19. The molecule has 0 saturated heterocycles. The van der Waals surface area contributed by atoms with E-state index < -0.39 is 6.04 Å². The molecule has 72 valence electrons. The summed E-state index contributed by atoms with van der Waals surface area (Å²) in [6.07, 6.45) is 0.387. The summed E-state index contributed by atoms with van der Waals surface area (Å²) in [6, 6.07) is 3.83. The van der Waals surface area contributed by atoms with Gasteiger partial charge >= 0.3 is 0 Å². The number of aliphatic hydroxyl groups is 1. The Hall–Kier alpha value is -1.26. The van der Waals surface area contributed by atoms with Crippen LogP contribution in [0, 0.1) is 0 Å². The molecule has 0 aromatic heterocycles. The summed E-state index contributed by atoms with van der Waals surface area (Å²) in [4.78, 5) is 0. The summed E-state index contributed by atoms with van der Waals surface area (Å²) in [5, 5.41) is 27.0. The first-order valence-electron chi connectivity index (χ1n) is 4.03. The maximum Gasteiger partial charge on any atom is 0.124 e. The van der Waals surface area contributed by atoms with Gasteiger partial charge in [0.25, 0.3) is 0 Å². The van der Waals surface area contributed by atoms with Crippen molar-refractivity contribution in [3.63, 3.8) is 0 Å².